The van der Waals surface area contributed by atoms with Crippen molar-refractivity contribution >= 4 is 38.4 Å². The van der Waals surface area contributed by atoms with E-state index >= 15 is 0 Å². The Hall–Kier alpha value is -4.17. The monoisotopic (exact) mass is 487 g/mol. The lowest BCUT2D eigenvalue weighted by Crippen LogP contribution is -2.52. The van der Waals surface area contributed by atoms with E-state index in [9.17, 15) is 18.0 Å². The van der Waals surface area contributed by atoms with Gasteiger partial charge in [-0.3, -0.25) is 4.79 Å². The van der Waals surface area contributed by atoms with Crippen LogP contribution in [0.1, 0.15) is 5.56 Å². The molecule has 178 valence electrons. The van der Waals surface area contributed by atoms with E-state index in [0.29, 0.717) is 5.69 Å². The van der Waals surface area contributed by atoms with Crippen molar-refractivity contribution in [2.75, 3.05) is 11.9 Å². The van der Waals surface area contributed by atoms with Crippen LogP contribution in [0.15, 0.2) is 108 Å². The molecule has 4 aromatic carbocycles. The zero-order valence-corrected chi connectivity index (χ0v) is 19.9. The molecule has 4 aromatic rings. The number of sulfonamides is 1. The quantitative estimate of drug-likeness (QED) is 0.410. The van der Waals surface area contributed by atoms with E-state index in [1.165, 1.54) is 17.0 Å². The number of carbonyl (C=O) groups excluding carboxylic acids is 2. The molecule has 1 unspecified atom stereocenters. The maximum atomic E-state index is 13.6. The van der Waals surface area contributed by atoms with Gasteiger partial charge in [0.05, 0.1) is 10.6 Å². The molecule has 7 nitrogen and oxygen atoms in total. The van der Waals surface area contributed by atoms with Crippen molar-refractivity contribution in [1.82, 2.24) is 10.0 Å². The van der Waals surface area contributed by atoms with Crippen molar-refractivity contribution in [2.45, 2.75) is 17.4 Å². The average molecular weight is 488 g/mol. The molecule has 3 amide bonds. The largest absolute Gasteiger partial charge is 0.329 e. The Bertz CT molecular complexity index is 1440. The fourth-order valence-corrected chi connectivity index (χ4v) is 4.81. The predicted octanol–water partition coefficient (Wildman–Crippen LogP) is 4.10. The highest BCUT2D eigenvalue weighted by Crippen LogP contribution is 2.26. The second-order valence-corrected chi connectivity index (χ2v) is 9.71. The molecule has 0 heterocycles. The number of nitrogens with one attached hydrogen (secondary N) is 2. The highest BCUT2D eigenvalue weighted by molar-refractivity contribution is 7.90. The molecule has 8 heteroatoms. The van der Waals surface area contributed by atoms with Crippen LogP contribution in [-0.2, 0) is 21.2 Å². The molecular formula is C27H25N3O4S. The molecule has 0 radical (unpaired) electrons. The summed E-state index contributed by atoms with van der Waals surface area (Å²) >= 11 is 0. The summed E-state index contributed by atoms with van der Waals surface area (Å²) in [7, 11) is -2.45. The molecule has 0 aliphatic rings. The summed E-state index contributed by atoms with van der Waals surface area (Å²) in [5, 5.41) is 4.43. The highest BCUT2D eigenvalue weighted by Gasteiger charge is 2.28. The maximum absolute atomic E-state index is 13.6. The summed E-state index contributed by atoms with van der Waals surface area (Å²) in [4.78, 5) is 27.8. The lowest BCUT2D eigenvalue weighted by Gasteiger charge is -2.26. The second kappa shape index (κ2) is 10.4. The van der Waals surface area contributed by atoms with Gasteiger partial charge >= 0.3 is 6.03 Å². The van der Waals surface area contributed by atoms with Gasteiger partial charge in [-0.2, -0.15) is 0 Å². The van der Waals surface area contributed by atoms with Crippen LogP contribution in [0.2, 0.25) is 0 Å². The van der Waals surface area contributed by atoms with Crippen molar-refractivity contribution in [1.29, 1.82) is 0 Å². The smallest absolute Gasteiger partial charge is 0.325 e. The SMILES string of the molecule is CN(C(=O)C(Cc1ccccc1)NC(=O)NS(=O)(=O)c1ccccc1)c1cccc2ccccc12. The molecule has 0 aliphatic heterocycles. The number of anilines is 1. The van der Waals surface area contributed by atoms with Gasteiger partial charge in [-0.25, -0.2) is 17.9 Å². The topological polar surface area (TPSA) is 95.6 Å². The first-order chi connectivity index (χ1) is 16.8. The van der Waals surface area contributed by atoms with Crippen molar-refractivity contribution in [3.05, 3.63) is 109 Å². The minimum Gasteiger partial charge on any atom is -0.325 e. The number of urea groups is 1. The van der Waals surface area contributed by atoms with Crippen molar-refractivity contribution in [3.63, 3.8) is 0 Å². The predicted molar refractivity (Wildman–Crippen MR) is 137 cm³/mol. The molecule has 4 rings (SSSR count). The van der Waals surface area contributed by atoms with Crippen LogP contribution in [0.5, 0.6) is 0 Å². The van der Waals surface area contributed by atoms with Crippen LogP contribution in [0.3, 0.4) is 0 Å². The Balaban J connectivity index is 1.60. The summed E-state index contributed by atoms with van der Waals surface area (Å²) in [6.45, 7) is 0. The molecule has 35 heavy (non-hydrogen) atoms. The van der Waals surface area contributed by atoms with Gasteiger partial charge in [0.25, 0.3) is 10.0 Å². The first-order valence-electron chi connectivity index (χ1n) is 11.0. The van der Waals surface area contributed by atoms with Crippen molar-refractivity contribution in [2.24, 2.45) is 0 Å². The summed E-state index contributed by atoms with van der Waals surface area (Å²) < 4.78 is 27.2. The van der Waals surface area contributed by atoms with E-state index in [4.69, 9.17) is 0 Å². The van der Waals surface area contributed by atoms with Gasteiger partial charge < -0.3 is 10.2 Å². The van der Waals surface area contributed by atoms with Gasteiger partial charge in [0.1, 0.15) is 6.04 Å². The highest BCUT2D eigenvalue weighted by atomic mass is 32.2. The molecule has 0 fully saturated rings. The first-order valence-corrected chi connectivity index (χ1v) is 12.5. The van der Waals surface area contributed by atoms with E-state index in [1.807, 2.05) is 77.5 Å². The Morgan fingerprint density at radius 3 is 2.11 bits per heavy atom. The third kappa shape index (κ3) is 5.67. The van der Waals surface area contributed by atoms with Gasteiger partial charge in [0.15, 0.2) is 0 Å². The lowest BCUT2D eigenvalue weighted by molar-refractivity contribution is -0.120. The van der Waals surface area contributed by atoms with Crippen LogP contribution in [-0.4, -0.2) is 33.4 Å². The number of nitrogens with zero attached hydrogens (tertiary/aromatic N) is 1. The van der Waals surface area contributed by atoms with Crippen LogP contribution < -0.4 is 14.9 Å². The third-order valence-corrected chi connectivity index (χ3v) is 6.97. The van der Waals surface area contributed by atoms with Crippen molar-refractivity contribution in [3.8, 4) is 0 Å². The number of carbonyl (C=O) groups is 2. The summed E-state index contributed by atoms with van der Waals surface area (Å²) in [6.07, 6.45) is 0.188. The lowest BCUT2D eigenvalue weighted by atomic mass is 10.0. The van der Waals surface area contributed by atoms with E-state index in [2.05, 4.69) is 5.32 Å². The van der Waals surface area contributed by atoms with Gasteiger partial charge in [-0.05, 0) is 29.1 Å². The van der Waals surface area contributed by atoms with Gasteiger partial charge in [-0.15, -0.1) is 0 Å². The van der Waals surface area contributed by atoms with Crippen molar-refractivity contribution < 1.29 is 18.0 Å². The molecule has 1 atom stereocenters. The van der Waals surface area contributed by atoms with Gasteiger partial charge in [-0.1, -0.05) is 84.9 Å². The molecule has 0 bridgehead atoms. The van der Waals surface area contributed by atoms with E-state index in [-0.39, 0.29) is 17.2 Å². The molecule has 2 N–H and O–H groups in total. The van der Waals surface area contributed by atoms with Crippen LogP contribution in [0.25, 0.3) is 10.8 Å². The number of amides is 3. The van der Waals surface area contributed by atoms with E-state index in [1.54, 1.807) is 25.2 Å². The minimum atomic E-state index is -4.09. The zero-order chi connectivity index (χ0) is 24.8. The standard InChI is InChI=1S/C27H25N3O4S/c1-30(25-18-10-14-21-13-8-9-17-23(21)25)26(31)24(19-20-11-4-2-5-12-20)28-27(32)29-35(33,34)22-15-6-3-7-16-22/h2-18,24H,19H2,1H3,(H2,28,29,32). The molecule has 0 aliphatic carbocycles. The third-order valence-electron chi connectivity index (χ3n) is 5.63. The molecule has 0 aromatic heterocycles. The summed E-state index contributed by atoms with van der Waals surface area (Å²) in [5.74, 6) is -0.377. The first kappa shape index (κ1) is 24.0. The number of benzene rings is 4. The number of hydrogen-bond donors (Lipinski definition) is 2. The van der Waals surface area contributed by atoms with Crippen LogP contribution in [0, 0.1) is 0 Å². The van der Waals surface area contributed by atoms with Gasteiger partial charge in [0.2, 0.25) is 5.91 Å². The molecular weight excluding hydrogens is 462 g/mol. The molecule has 0 saturated carbocycles. The Kier molecular flexibility index (Phi) is 7.12. The molecule has 0 spiro atoms. The number of hydrogen-bond acceptors (Lipinski definition) is 4. The average Bonchev–Trinajstić information content (AvgIpc) is 2.88. The fraction of sp³-hybridized carbons (Fsp3) is 0.111. The minimum absolute atomic E-state index is 0.0473. The second-order valence-electron chi connectivity index (χ2n) is 8.03. The number of rotatable bonds is 7. The number of fused-ring (bicyclic) bond motifs is 1. The van der Waals surface area contributed by atoms with Crippen LogP contribution >= 0.6 is 0 Å². The Labute approximate surface area is 204 Å². The summed E-state index contributed by atoms with van der Waals surface area (Å²) in [5.41, 5.74) is 1.51. The summed E-state index contributed by atoms with van der Waals surface area (Å²) in [6, 6.07) is 28.2. The van der Waals surface area contributed by atoms with E-state index < -0.39 is 22.1 Å². The number of likely N-dealkylation sites (N-methyl/N-ethyl adjacent to an activating group) is 1. The normalized spacial score (nSPS) is 12.0. The Morgan fingerprint density at radius 1 is 0.800 bits per heavy atom. The molecule has 0 saturated heterocycles. The fourth-order valence-electron chi connectivity index (χ4n) is 3.87. The van der Waals surface area contributed by atoms with Gasteiger partial charge in [0, 0.05) is 18.9 Å². The zero-order valence-electron chi connectivity index (χ0n) is 19.1. The van der Waals surface area contributed by atoms with Crippen LogP contribution in [0.4, 0.5) is 10.5 Å². The van der Waals surface area contributed by atoms with E-state index in [0.717, 1.165) is 16.3 Å². The maximum Gasteiger partial charge on any atom is 0.329 e. The Morgan fingerprint density at radius 2 is 1.40 bits per heavy atom.